The lowest BCUT2D eigenvalue weighted by molar-refractivity contribution is -0.116. The highest BCUT2D eigenvalue weighted by atomic mass is 16.2. The topological polar surface area (TPSA) is 51.5 Å². The van der Waals surface area contributed by atoms with Crippen LogP contribution in [0.5, 0.6) is 0 Å². The van der Waals surface area contributed by atoms with E-state index in [2.05, 4.69) is 17.3 Å². The van der Waals surface area contributed by atoms with E-state index in [-0.39, 0.29) is 0 Å². The molecular weight excluding hydrogens is 144 g/mol. The van der Waals surface area contributed by atoms with Crippen LogP contribution in [0.2, 0.25) is 0 Å². The van der Waals surface area contributed by atoms with Crippen molar-refractivity contribution in [3.63, 3.8) is 0 Å². The number of urea groups is 1. The molecule has 0 fully saturated rings. The van der Waals surface area contributed by atoms with E-state index in [0.717, 1.165) is 4.90 Å². The Labute approximate surface area is 63.9 Å². The largest absolute Gasteiger partial charge is 0.362 e. The van der Waals surface area contributed by atoms with Crippen LogP contribution in [0.1, 0.15) is 6.92 Å². The zero-order valence-electron chi connectivity index (χ0n) is 5.87. The van der Waals surface area contributed by atoms with Crippen LogP contribution in [0.4, 0.5) is 4.79 Å². The van der Waals surface area contributed by atoms with Crippen LogP contribution in [-0.2, 0) is 4.79 Å². The number of imide groups is 1. The molecule has 0 N–H and O–H groups in total. The molecule has 11 heavy (non-hydrogen) atoms. The lowest BCUT2D eigenvalue weighted by Crippen LogP contribution is -2.35. The Hall–Kier alpha value is -1.76. The van der Waals surface area contributed by atoms with Crippen molar-refractivity contribution in [2.24, 2.45) is 0 Å². The molecular formula is C7H5N2O2. The number of hydrogen-bond acceptors (Lipinski definition) is 2. The molecule has 1 radical (unpaired) electrons. The predicted molar refractivity (Wildman–Crippen MR) is 37.0 cm³/mol. The Balaban J connectivity index is 2.82. The van der Waals surface area contributed by atoms with E-state index in [0.29, 0.717) is 0 Å². The van der Waals surface area contributed by atoms with E-state index in [9.17, 15) is 9.59 Å². The number of carbonyl (C=O) groups is 2. The summed E-state index contributed by atoms with van der Waals surface area (Å²) in [6.07, 6.45) is 2.49. The number of nitrogens with zero attached hydrogens (tertiary/aromatic N) is 2. The average Bonchev–Trinajstić information content (AvgIpc) is 1.95. The summed E-state index contributed by atoms with van der Waals surface area (Å²) in [6.45, 7) is 1.59. The van der Waals surface area contributed by atoms with Crippen LogP contribution in [0.15, 0.2) is 12.3 Å². The second-order valence-corrected chi connectivity index (χ2v) is 1.78. The Bertz CT molecular complexity index is 283. The molecule has 0 aromatic heterocycles. The van der Waals surface area contributed by atoms with E-state index in [4.69, 9.17) is 0 Å². The summed E-state index contributed by atoms with van der Waals surface area (Å²) in [6, 6.07) is 1.82. The Kier molecular flexibility index (Phi) is 1.93. The van der Waals surface area contributed by atoms with Gasteiger partial charge in [0, 0.05) is 18.3 Å². The molecule has 0 atom stereocenters. The van der Waals surface area contributed by atoms with E-state index >= 15 is 0 Å². The molecule has 3 amide bonds. The van der Waals surface area contributed by atoms with E-state index in [1.54, 1.807) is 6.92 Å². The highest BCUT2D eigenvalue weighted by Gasteiger charge is 2.17. The molecule has 1 rings (SSSR count). The van der Waals surface area contributed by atoms with Crippen LogP contribution < -0.4 is 5.32 Å². The number of amides is 3. The van der Waals surface area contributed by atoms with Gasteiger partial charge in [-0.1, -0.05) is 5.92 Å². The zero-order valence-corrected chi connectivity index (χ0v) is 5.87. The van der Waals surface area contributed by atoms with Crippen molar-refractivity contribution < 1.29 is 9.59 Å². The molecule has 0 saturated heterocycles. The summed E-state index contributed by atoms with van der Waals surface area (Å²) in [5, 5.41) is 3.14. The summed E-state index contributed by atoms with van der Waals surface area (Å²) in [7, 11) is 0. The zero-order chi connectivity index (χ0) is 8.27. The van der Waals surface area contributed by atoms with Crippen molar-refractivity contribution in [2.45, 2.75) is 6.92 Å². The molecule has 1 heterocycles. The first kappa shape index (κ1) is 7.35. The van der Waals surface area contributed by atoms with Gasteiger partial charge in [-0.3, -0.25) is 4.79 Å². The van der Waals surface area contributed by atoms with Crippen molar-refractivity contribution >= 4 is 11.9 Å². The average molecular weight is 149 g/mol. The van der Waals surface area contributed by atoms with Gasteiger partial charge in [-0.25, -0.2) is 9.69 Å². The summed E-state index contributed by atoms with van der Waals surface area (Å²) in [5.41, 5.74) is 0. The molecule has 0 bridgehead atoms. The van der Waals surface area contributed by atoms with Gasteiger partial charge < -0.3 is 0 Å². The van der Waals surface area contributed by atoms with Crippen LogP contribution in [0, 0.1) is 12.0 Å². The number of rotatable bonds is 0. The maximum atomic E-state index is 10.8. The molecule has 0 unspecified atom stereocenters. The quantitative estimate of drug-likeness (QED) is 0.457. The minimum absolute atomic E-state index is 0.538. The highest BCUT2D eigenvalue weighted by Crippen LogP contribution is 1.96. The van der Waals surface area contributed by atoms with Crippen molar-refractivity contribution in [2.75, 3.05) is 0 Å². The van der Waals surface area contributed by atoms with Crippen LogP contribution >= 0.6 is 0 Å². The predicted octanol–water partition coefficient (Wildman–Crippen LogP) is 0.0475. The smallest absolute Gasteiger partial charge is 0.267 e. The van der Waals surface area contributed by atoms with Gasteiger partial charge in [0.15, 0.2) is 0 Å². The van der Waals surface area contributed by atoms with Gasteiger partial charge in [-0.05, 0) is 6.92 Å². The number of hydrogen-bond donors (Lipinski definition) is 0. The van der Waals surface area contributed by atoms with Crippen LogP contribution in [0.25, 0.3) is 0 Å². The first-order valence-corrected chi connectivity index (χ1v) is 2.93. The van der Waals surface area contributed by atoms with Gasteiger partial charge in [0.1, 0.15) is 0 Å². The van der Waals surface area contributed by atoms with E-state index in [1.807, 2.05) is 0 Å². The van der Waals surface area contributed by atoms with Crippen LogP contribution in [0.3, 0.4) is 0 Å². The first-order chi connectivity index (χ1) is 5.24. The molecule has 4 heteroatoms. The molecule has 0 aromatic rings. The second-order valence-electron chi connectivity index (χ2n) is 1.78. The van der Waals surface area contributed by atoms with E-state index in [1.165, 1.54) is 12.3 Å². The fourth-order valence-corrected chi connectivity index (χ4v) is 0.593. The Morgan fingerprint density at radius 2 is 2.27 bits per heavy atom. The van der Waals surface area contributed by atoms with Gasteiger partial charge >= 0.3 is 6.03 Å². The Morgan fingerprint density at radius 3 is 2.82 bits per heavy atom. The molecule has 0 saturated carbocycles. The molecule has 1 aliphatic heterocycles. The second kappa shape index (κ2) is 2.88. The Morgan fingerprint density at radius 1 is 1.55 bits per heavy atom. The van der Waals surface area contributed by atoms with Crippen molar-refractivity contribution in [1.29, 1.82) is 0 Å². The maximum absolute atomic E-state index is 10.8. The third kappa shape index (κ3) is 1.58. The fraction of sp³-hybridized carbons (Fsp3) is 0.143. The van der Waals surface area contributed by atoms with Crippen molar-refractivity contribution in [3.8, 4) is 12.0 Å². The molecule has 1 aliphatic rings. The van der Waals surface area contributed by atoms with Gasteiger partial charge in [0.25, 0.3) is 5.91 Å². The summed E-state index contributed by atoms with van der Waals surface area (Å²) >= 11 is 0. The molecule has 4 nitrogen and oxygen atoms in total. The molecule has 0 spiro atoms. The fourth-order valence-electron chi connectivity index (χ4n) is 0.593. The highest BCUT2D eigenvalue weighted by molar-refractivity contribution is 6.03. The molecule has 0 aromatic carbocycles. The monoisotopic (exact) mass is 149 g/mol. The van der Waals surface area contributed by atoms with Crippen molar-refractivity contribution in [1.82, 2.24) is 10.2 Å². The normalized spacial score (nSPS) is 15.5. The third-order valence-electron chi connectivity index (χ3n) is 1.01. The minimum atomic E-state index is -0.633. The maximum Gasteiger partial charge on any atom is 0.362 e. The standard InChI is InChI=1S/C7H5N2O2/c1-2-4-9-5-3-6(10)8-7(9)11/h3,5H,1H3. The number of carbonyl (C=O) groups excluding carboxylic acids is 2. The minimum Gasteiger partial charge on any atom is -0.267 e. The third-order valence-corrected chi connectivity index (χ3v) is 1.01. The summed E-state index contributed by atoms with van der Waals surface area (Å²) < 4.78 is 0. The van der Waals surface area contributed by atoms with E-state index < -0.39 is 11.9 Å². The molecule has 55 valence electrons. The van der Waals surface area contributed by atoms with Gasteiger partial charge in [0.05, 0.1) is 0 Å². The van der Waals surface area contributed by atoms with Crippen LogP contribution in [-0.4, -0.2) is 16.8 Å². The van der Waals surface area contributed by atoms with Gasteiger partial charge in [0.2, 0.25) is 0 Å². The van der Waals surface area contributed by atoms with Crippen molar-refractivity contribution in [3.05, 3.63) is 12.3 Å². The van der Waals surface area contributed by atoms with Gasteiger partial charge in [-0.15, -0.1) is 0 Å². The lowest BCUT2D eigenvalue weighted by Gasteiger charge is -2.11. The lowest BCUT2D eigenvalue weighted by atomic mass is 10.4. The summed E-state index contributed by atoms with van der Waals surface area (Å²) in [4.78, 5) is 22.3. The SMILES string of the molecule is CC#CN1C=CC(=O)[N]C1=O. The van der Waals surface area contributed by atoms with Gasteiger partial charge in [-0.2, -0.15) is 5.32 Å². The molecule has 0 aliphatic carbocycles. The first-order valence-electron chi connectivity index (χ1n) is 2.93. The summed E-state index contributed by atoms with van der Waals surface area (Å²) in [5.74, 6) is 1.98.